The fourth-order valence-electron chi connectivity index (χ4n) is 3.44. The second kappa shape index (κ2) is 9.32. The third-order valence-electron chi connectivity index (χ3n) is 5.00. The van der Waals surface area contributed by atoms with Gasteiger partial charge in [0.05, 0.1) is 10.1 Å². The molecule has 1 atom stereocenters. The molecule has 156 valence electrons. The van der Waals surface area contributed by atoms with Crippen LogP contribution in [0.25, 0.3) is 10.7 Å². The zero-order chi connectivity index (χ0) is 21.1. The first-order chi connectivity index (χ1) is 14.6. The highest BCUT2D eigenvalue weighted by atomic mass is 35.5. The Kier molecular flexibility index (Phi) is 6.55. The highest BCUT2D eigenvalue weighted by molar-refractivity contribution is 8.00. The van der Waals surface area contributed by atoms with Crippen LogP contribution in [0.1, 0.15) is 36.5 Å². The number of nitrogens with zero attached hydrogens (tertiary/aromatic N) is 4. The van der Waals surface area contributed by atoms with Crippen LogP contribution in [0, 0.1) is 0 Å². The van der Waals surface area contributed by atoms with Crippen LogP contribution >= 0.6 is 34.7 Å². The van der Waals surface area contributed by atoms with Gasteiger partial charge in [0.1, 0.15) is 0 Å². The molecule has 2 aromatic heterocycles. The first-order valence-corrected chi connectivity index (χ1v) is 12.0. The van der Waals surface area contributed by atoms with Crippen LogP contribution in [0.3, 0.4) is 0 Å². The summed E-state index contributed by atoms with van der Waals surface area (Å²) >= 11 is 8.94. The van der Waals surface area contributed by atoms with Crippen molar-refractivity contribution in [3.63, 3.8) is 0 Å². The molecule has 0 spiro atoms. The lowest BCUT2D eigenvalue weighted by Gasteiger charge is -2.22. The molecule has 0 radical (unpaired) electrons. The molecule has 9 heteroatoms. The summed E-state index contributed by atoms with van der Waals surface area (Å²) in [6.45, 7) is 3.17. The van der Waals surface area contributed by atoms with Crippen LogP contribution in [0.2, 0.25) is 5.02 Å². The van der Waals surface area contributed by atoms with Crippen LogP contribution in [0.15, 0.2) is 46.9 Å². The van der Waals surface area contributed by atoms with Gasteiger partial charge in [-0.1, -0.05) is 35.9 Å². The molecule has 0 unspecified atom stereocenters. The van der Waals surface area contributed by atoms with Crippen molar-refractivity contribution >= 4 is 46.5 Å². The van der Waals surface area contributed by atoms with Crippen molar-refractivity contribution in [1.82, 2.24) is 19.7 Å². The minimum absolute atomic E-state index is 0.166. The maximum Gasteiger partial charge on any atom is 0.260 e. The van der Waals surface area contributed by atoms with Crippen molar-refractivity contribution in [1.29, 1.82) is 0 Å². The number of imide groups is 1. The van der Waals surface area contributed by atoms with Crippen molar-refractivity contribution in [3.8, 4) is 10.7 Å². The first kappa shape index (κ1) is 21.1. The van der Waals surface area contributed by atoms with Gasteiger partial charge in [0.25, 0.3) is 5.91 Å². The lowest BCUT2D eigenvalue weighted by molar-refractivity contribution is -0.127. The van der Waals surface area contributed by atoms with Gasteiger partial charge in [-0.2, -0.15) is 0 Å². The monoisotopic (exact) mass is 460 g/mol. The van der Waals surface area contributed by atoms with Crippen LogP contribution in [-0.2, 0) is 11.3 Å². The fraction of sp³-hybridized carbons (Fsp3) is 0.333. The molecule has 3 heterocycles. The molecule has 4 rings (SSSR count). The van der Waals surface area contributed by atoms with Crippen molar-refractivity contribution in [2.24, 2.45) is 0 Å². The smallest absolute Gasteiger partial charge is 0.260 e. The summed E-state index contributed by atoms with van der Waals surface area (Å²) < 4.78 is 2.03. The van der Waals surface area contributed by atoms with E-state index < -0.39 is 0 Å². The summed E-state index contributed by atoms with van der Waals surface area (Å²) in [6, 6.07) is 10.6. The average molecular weight is 461 g/mol. The lowest BCUT2D eigenvalue weighted by atomic mass is 10.2. The second-order valence-corrected chi connectivity index (χ2v) is 9.49. The quantitative estimate of drug-likeness (QED) is 0.501. The number of aromatic nitrogens is 3. The number of benzene rings is 1. The molecule has 1 aromatic carbocycles. The Bertz CT molecular complexity index is 1030. The van der Waals surface area contributed by atoms with Gasteiger partial charge in [0, 0.05) is 23.7 Å². The topological polar surface area (TPSA) is 68.1 Å². The van der Waals surface area contributed by atoms with E-state index in [2.05, 4.69) is 10.2 Å². The van der Waals surface area contributed by atoms with E-state index in [0.717, 1.165) is 23.5 Å². The Morgan fingerprint density at radius 1 is 1.23 bits per heavy atom. The number of rotatable bonds is 5. The molecule has 3 aromatic rings. The number of thiophene rings is 1. The number of hydrogen-bond acceptors (Lipinski definition) is 6. The van der Waals surface area contributed by atoms with Gasteiger partial charge in [0.15, 0.2) is 11.0 Å². The predicted molar refractivity (Wildman–Crippen MR) is 120 cm³/mol. The summed E-state index contributed by atoms with van der Waals surface area (Å²) in [5, 5.41) is 11.6. The van der Waals surface area contributed by atoms with Gasteiger partial charge in [-0.3, -0.25) is 14.5 Å². The van der Waals surface area contributed by atoms with Crippen LogP contribution < -0.4 is 0 Å². The molecule has 0 N–H and O–H groups in total. The van der Waals surface area contributed by atoms with E-state index in [1.807, 2.05) is 29.0 Å². The zero-order valence-electron chi connectivity index (χ0n) is 16.5. The number of carbonyl (C=O) groups excluding carboxylic acids is 2. The van der Waals surface area contributed by atoms with Gasteiger partial charge >= 0.3 is 0 Å². The van der Waals surface area contributed by atoms with Gasteiger partial charge in [-0.05, 0) is 55.5 Å². The number of likely N-dealkylation sites (tertiary alicyclic amines) is 1. The second-order valence-electron chi connectivity index (χ2n) is 6.93. The van der Waals surface area contributed by atoms with Gasteiger partial charge in [-0.25, -0.2) is 0 Å². The minimum Gasteiger partial charge on any atom is -0.302 e. The number of amides is 2. The van der Waals surface area contributed by atoms with E-state index in [0.29, 0.717) is 35.3 Å². The highest BCUT2D eigenvalue weighted by Gasteiger charge is 2.33. The van der Waals surface area contributed by atoms with Gasteiger partial charge in [0.2, 0.25) is 5.91 Å². The third-order valence-corrected chi connectivity index (χ3v) is 7.35. The predicted octanol–water partition coefficient (Wildman–Crippen LogP) is 4.99. The molecule has 1 aliphatic rings. The Labute approximate surface area is 188 Å². The molecule has 30 heavy (non-hydrogen) atoms. The van der Waals surface area contributed by atoms with Crippen LogP contribution in [0.5, 0.6) is 0 Å². The van der Waals surface area contributed by atoms with E-state index in [4.69, 9.17) is 11.6 Å². The Hall–Kier alpha value is -2.16. The SMILES string of the molecule is CCn1c(S[C@H]2CCCCN(C(=O)c3ccc(Cl)cc3)C2=O)nnc1-c1cccs1. The molecule has 1 saturated heterocycles. The molecular formula is C21H21ClN4O2S2. The standard InChI is InChI=1S/C21H21ClN4O2S2/c1-2-25-18(16-7-5-13-29-16)23-24-21(25)30-17-6-3-4-12-26(20(17)28)19(27)14-8-10-15(22)11-9-14/h5,7-11,13,17H,2-4,6,12H2,1H3/t17-/m0/s1. The molecule has 2 amide bonds. The molecule has 6 nitrogen and oxygen atoms in total. The largest absolute Gasteiger partial charge is 0.302 e. The number of halogens is 1. The zero-order valence-corrected chi connectivity index (χ0v) is 18.8. The molecule has 0 saturated carbocycles. The number of hydrogen-bond donors (Lipinski definition) is 0. The van der Waals surface area contributed by atoms with Crippen LogP contribution in [-0.4, -0.2) is 43.3 Å². The van der Waals surface area contributed by atoms with Crippen molar-refractivity contribution in [2.45, 2.75) is 43.1 Å². The fourth-order valence-corrected chi connectivity index (χ4v) is 5.48. The minimum atomic E-state index is -0.366. The molecule has 1 fully saturated rings. The van der Waals surface area contributed by atoms with E-state index in [9.17, 15) is 9.59 Å². The summed E-state index contributed by atoms with van der Waals surface area (Å²) in [5.41, 5.74) is 0.468. The highest BCUT2D eigenvalue weighted by Crippen LogP contribution is 2.33. The van der Waals surface area contributed by atoms with Crippen molar-refractivity contribution < 1.29 is 9.59 Å². The number of carbonyl (C=O) groups is 2. The Morgan fingerprint density at radius 3 is 2.73 bits per heavy atom. The first-order valence-electron chi connectivity index (χ1n) is 9.83. The molecular weight excluding hydrogens is 440 g/mol. The van der Waals surface area contributed by atoms with Crippen LogP contribution in [0.4, 0.5) is 0 Å². The average Bonchev–Trinajstić information content (AvgIpc) is 3.38. The van der Waals surface area contributed by atoms with E-state index in [1.54, 1.807) is 35.6 Å². The third kappa shape index (κ3) is 4.31. The van der Waals surface area contributed by atoms with Crippen molar-refractivity contribution in [3.05, 3.63) is 52.4 Å². The maximum atomic E-state index is 13.3. The lowest BCUT2D eigenvalue weighted by Crippen LogP contribution is -2.41. The maximum absolute atomic E-state index is 13.3. The summed E-state index contributed by atoms with van der Waals surface area (Å²) in [6.07, 6.45) is 2.38. The van der Waals surface area contributed by atoms with E-state index >= 15 is 0 Å². The summed E-state index contributed by atoms with van der Waals surface area (Å²) in [7, 11) is 0. The van der Waals surface area contributed by atoms with E-state index in [-0.39, 0.29) is 17.1 Å². The molecule has 1 aliphatic heterocycles. The molecule has 0 bridgehead atoms. The molecule has 0 aliphatic carbocycles. The van der Waals surface area contributed by atoms with E-state index in [1.165, 1.54) is 16.7 Å². The number of thioether (sulfide) groups is 1. The normalized spacial score (nSPS) is 17.2. The summed E-state index contributed by atoms with van der Waals surface area (Å²) in [4.78, 5) is 28.7. The Balaban J connectivity index is 1.56. The van der Waals surface area contributed by atoms with Gasteiger partial charge in [-0.15, -0.1) is 21.5 Å². The summed E-state index contributed by atoms with van der Waals surface area (Å²) in [5.74, 6) is 0.367. The van der Waals surface area contributed by atoms with Gasteiger partial charge < -0.3 is 4.57 Å². The van der Waals surface area contributed by atoms with Crippen molar-refractivity contribution in [2.75, 3.05) is 6.54 Å². The Morgan fingerprint density at radius 2 is 2.03 bits per heavy atom.